The number of hydrogen-bond acceptors (Lipinski definition) is 4. The lowest BCUT2D eigenvalue weighted by Gasteiger charge is -2.32. The first-order chi connectivity index (χ1) is 10.3. The van der Waals surface area contributed by atoms with Gasteiger partial charge in [0.15, 0.2) is 0 Å². The minimum atomic E-state index is 0.793. The molecule has 2 N–H and O–H groups in total. The Hall–Kier alpha value is -1.88. The van der Waals surface area contributed by atoms with Crippen LogP contribution in [0.2, 0.25) is 0 Å². The van der Waals surface area contributed by atoms with E-state index in [-0.39, 0.29) is 0 Å². The van der Waals surface area contributed by atoms with Gasteiger partial charge in [-0.25, -0.2) is 4.98 Å². The summed E-state index contributed by atoms with van der Waals surface area (Å²) < 4.78 is 1.81. The van der Waals surface area contributed by atoms with Crippen LogP contribution in [0.3, 0.4) is 0 Å². The Bertz CT molecular complexity index is 567. The lowest BCUT2D eigenvalue weighted by Crippen LogP contribution is -2.34. The van der Waals surface area contributed by atoms with Gasteiger partial charge in [0.05, 0.1) is 6.20 Å². The van der Waals surface area contributed by atoms with Gasteiger partial charge < -0.3 is 10.6 Å². The van der Waals surface area contributed by atoms with Gasteiger partial charge in [0.2, 0.25) is 0 Å². The zero-order valence-corrected chi connectivity index (χ0v) is 12.6. The van der Waals surface area contributed by atoms with Gasteiger partial charge in [0.25, 0.3) is 0 Å². The fourth-order valence-corrected chi connectivity index (χ4v) is 3.00. The second kappa shape index (κ2) is 6.26. The Kier molecular flexibility index (Phi) is 4.20. The van der Waals surface area contributed by atoms with Crippen LogP contribution < -0.4 is 10.6 Å². The monoisotopic (exact) mass is 285 g/mol. The number of hydrogen-bond donors (Lipinski definition) is 1. The molecule has 1 fully saturated rings. The summed E-state index contributed by atoms with van der Waals surface area (Å²) in [7, 11) is 1.93. The van der Waals surface area contributed by atoms with E-state index >= 15 is 0 Å². The molecule has 0 spiro atoms. The first-order valence-electron chi connectivity index (χ1n) is 7.66. The Labute approximate surface area is 125 Å². The third kappa shape index (κ3) is 3.24. The van der Waals surface area contributed by atoms with Gasteiger partial charge in [-0.3, -0.25) is 4.68 Å². The third-order valence-electron chi connectivity index (χ3n) is 4.30. The molecule has 0 saturated carbocycles. The van der Waals surface area contributed by atoms with Gasteiger partial charge in [-0.05, 0) is 43.9 Å². The maximum absolute atomic E-state index is 5.65. The predicted octanol–water partition coefficient (Wildman–Crippen LogP) is 2.05. The summed E-state index contributed by atoms with van der Waals surface area (Å²) in [6.07, 6.45) is 9.43. The van der Waals surface area contributed by atoms with E-state index in [2.05, 4.69) is 27.1 Å². The number of nitrogens with two attached hydrogens (primary N) is 1. The molecule has 21 heavy (non-hydrogen) atoms. The van der Waals surface area contributed by atoms with E-state index < -0.39 is 0 Å². The molecular formula is C16H23N5. The minimum Gasteiger partial charge on any atom is -0.357 e. The van der Waals surface area contributed by atoms with Crippen molar-refractivity contribution in [2.45, 2.75) is 19.3 Å². The first kappa shape index (κ1) is 14.1. The standard InChI is InChI=1S/C16H23N5/c1-20-12-15(11-19-20)14-2-3-16(18-10-14)21-8-5-13(4-7-17)6-9-21/h2-3,10-13H,4-9,17H2,1H3. The summed E-state index contributed by atoms with van der Waals surface area (Å²) in [5.41, 5.74) is 7.87. The molecule has 2 aromatic heterocycles. The predicted molar refractivity (Wildman–Crippen MR) is 85.0 cm³/mol. The highest BCUT2D eigenvalue weighted by Gasteiger charge is 2.19. The number of piperidine rings is 1. The van der Waals surface area contributed by atoms with Crippen LogP contribution in [0.5, 0.6) is 0 Å². The van der Waals surface area contributed by atoms with Gasteiger partial charge in [-0.1, -0.05) is 0 Å². The van der Waals surface area contributed by atoms with Gasteiger partial charge in [-0.2, -0.15) is 5.10 Å². The van der Waals surface area contributed by atoms with Crippen molar-refractivity contribution in [3.05, 3.63) is 30.7 Å². The van der Waals surface area contributed by atoms with Crippen molar-refractivity contribution in [3.63, 3.8) is 0 Å². The third-order valence-corrected chi connectivity index (χ3v) is 4.30. The van der Waals surface area contributed by atoms with Crippen molar-refractivity contribution in [2.24, 2.45) is 18.7 Å². The van der Waals surface area contributed by atoms with E-state index in [4.69, 9.17) is 5.73 Å². The number of nitrogens with zero attached hydrogens (tertiary/aromatic N) is 4. The number of pyridine rings is 1. The molecule has 0 bridgehead atoms. The molecule has 1 aliphatic rings. The summed E-state index contributed by atoms with van der Waals surface area (Å²) in [5.74, 6) is 1.87. The summed E-state index contributed by atoms with van der Waals surface area (Å²) in [6, 6.07) is 4.25. The SMILES string of the molecule is Cn1cc(-c2ccc(N3CCC(CCN)CC3)nc2)cn1. The van der Waals surface area contributed by atoms with Crippen molar-refractivity contribution in [2.75, 3.05) is 24.5 Å². The van der Waals surface area contributed by atoms with Crippen molar-refractivity contribution in [1.29, 1.82) is 0 Å². The number of aromatic nitrogens is 3. The fourth-order valence-electron chi connectivity index (χ4n) is 3.00. The summed E-state index contributed by atoms with van der Waals surface area (Å²) >= 11 is 0. The zero-order chi connectivity index (χ0) is 14.7. The summed E-state index contributed by atoms with van der Waals surface area (Å²) in [6.45, 7) is 2.98. The maximum atomic E-state index is 5.65. The van der Waals surface area contributed by atoms with E-state index in [0.717, 1.165) is 48.9 Å². The van der Waals surface area contributed by atoms with Gasteiger partial charge >= 0.3 is 0 Å². The molecule has 5 heteroatoms. The molecule has 0 aliphatic carbocycles. The largest absolute Gasteiger partial charge is 0.357 e. The van der Waals surface area contributed by atoms with Crippen molar-refractivity contribution >= 4 is 5.82 Å². The van der Waals surface area contributed by atoms with Crippen LogP contribution in [0.15, 0.2) is 30.7 Å². The van der Waals surface area contributed by atoms with Crippen molar-refractivity contribution in [1.82, 2.24) is 14.8 Å². The zero-order valence-electron chi connectivity index (χ0n) is 12.6. The molecule has 1 saturated heterocycles. The quantitative estimate of drug-likeness (QED) is 0.934. The Morgan fingerprint density at radius 1 is 1.19 bits per heavy atom. The molecule has 3 rings (SSSR count). The first-order valence-corrected chi connectivity index (χ1v) is 7.66. The summed E-state index contributed by atoms with van der Waals surface area (Å²) in [5, 5.41) is 4.20. The molecule has 3 heterocycles. The lowest BCUT2D eigenvalue weighted by atomic mass is 9.93. The molecule has 0 unspecified atom stereocenters. The number of aryl methyl sites for hydroxylation is 1. The Morgan fingerprint density at radius 3 is 2.57 bits per heavy atom. The second-order valence-corrected chi connectivity index (χ2v) is 5.82. The van der Waals surface area contributed by atoms with E-state index in [0.29, 0.717) is 0 Å². The molecule has 0 aromatic carbocycles. The van der Waals surface area contributed by atoms with Crippen LogP contribution in [0.4, 0.5) is 5.82 Å². The normalized spacial score (nSPS) is 16.4. The highest BCUT2D eigenvalue weighted by molar-refractivity contribution is 5.62. The van der Waals surface area contributed by atoms with Crippen LogP contribution in [-0.4, -0.2) is 34.4 Å². The maximum Gasteiger partial charge on any atom is 0.128 e. The second-order valence-electron chi connectivity index (χ2n) is 5.82. The number of anilines is 1. The molecule has 112 valence electrons. The van der Waals surface area contributed by atoms with Crippen LogP contribution >= 0.6 is 0 Å². The molecule has 1 aliphatic heterocycles. The molecule has 0 amide bonds. The Balaban J connectivity index is 1.65. The van der Waals surface area contributed by atoms with Crippen LogP contribution in [-0.2, 0) is 7.05 Å². The van der Waals surface area contributed by atoms with Crippen molar-refractivity contribution < 1.29 is 0 Å². The van der Waals surface area contributed by atoms with Gasteiger partial charge in [0, 0.05) is 43.7 Å². The molecular weight excluding hydrogens is 262 g/mol. The molecule has 2 aromatic rings. The van der Waals surface area contributed by atoms with E-state index in [1.165, 1.54) is 12.8 Å². The summed E-state index contributed by atoms with van der Waals surface area (Å²) in [4.78, 5) is 7.00. The lowest BCUT2D eigenvalue weighted by molar-refractivity contribution is 0.385. The topological polar surface area (TPSA) is 60.0 Å². The van der Waals surface area contributed by atoms with Gasteiger partial charge in [0.1, 0.15) is 5.82 Å². The molecule has 5 nitrogen and oxygen atoms in total. The van der Waals surface area contributed by atoms with Gasteiger partial charge in [-0.15, -0.1) is 0 Å². The smallest absolute Gasteiger partial charge is 0.128 e. The number of rotatable bonds is 4. The van der Waals surface area contributed by atoms with E-state index in [9.17, 15) is 0 Å². The fraction of sp³-hybridized carbons (Fsp3) is 0.500. The highest BCUT2D eigenvalue weighted by atomic mass is 15.2. The average Bonchev–Trinajstić information content (AvgIpc) is 2.95. The van der Waals surface area contributed by atoms with Crippen molar-refractivity contribution in [3.8, 4) is 11.1 Å². The van der Waals surface area contributed by atoms with Crippen LogP contribution in [0, 0.1) is 5.92 Å². The van der Waals surface area contributed by atoms with Crippen LogP contribution in [0.1, 0.15) is 19.3 Å². The average molecular weight is 285 g/mol. The highest BCUT2D eigenvalue weighted by Crippen LogP contribution is 2.25. The van der Waals surface area contributed by atoms with E-state index in [1.54, 1.807) is 0 Å². The Morgan fingerprint density at radius 2 is 2.00 bits per heavy atom. The van der Waals surface area contributed by atoms with E-state index in [1.807, 2.05) is 30.3 Å². The van der Waals surface area contributed by atoms with Crippen LogP contribution in [0.25, 0.3) is 11.1 Å². The molecule has 0 radical (unpaired) electrons. The minimum absolute atomic E-state index is 0.793. The molecule has 0 atom stereocenters.